The van der Waals surface area contributed by atoms with E-state index >= 15 is 0 Å². The molecule has 0 saturated carbocycles. The molecule has 3 aromatic carbocycles. The van der Waals surface area contributed by atoms with E-state index in [2.05, 4.69) is 0 Å². The molecule has 0 spiro atoms. The lowest BCUT2D eigenvalue weighted by Crippen LogP contribution is -2.22. The predicted octanol–water partition coefficient (Wildman–Crippen LogP) is 4.88. The van der Waals surface area contributed by atoms with Crippen LogP contribution in [0.3, 0.4) is 0 Å². The number of carboxylic acids is 1. The van der Waals surface area contributed by atoms with Gasteiger partial charge in [0.05, 0.1) is 12.9 Å². The number of nitrogens with two attached hydrogens (primary N) is 1. The molecule has 0 bridgehead atoms. The Morgan fingerprint density at radius 3 is 2.03 bits per heavy atom. The lowest BCUT2D eigenvalue weighted by Gasteiger charge is -2.21. The van der Waals surface area contributed by atoms with Gasteiger partial charge in [-0.15, -0.1) is 0 Å². The van der Waals surface area contributed by atoms with Gasteiger partial charge in [0.2, 0.25) is 0 Å². The van der Waals surface area contributed by atoms with Crippen LogP contribution < -0.4 is 15.2 Å². The molecule has 202 valence electrons. The van der Waals surface area contributed by atoms with Crippen molar-refractivity contribution >= 4 is 21.9 Å². The highest BCUT2D eigenvalue weighted by Crippen LogP contribution is 2.31. The van der Waals surface area contributed by atoms with Crippen molar-refractivity contribution in [3.8, 4) is 17.2 Å². The van der Waals surface area contributed by atoms with Crippen molar-refractivity contribution < 1.29 is 32.9 Å². The van der Waals surface area contributed by atoms with E-state index in [1.807, 2.05) is 20.8 Å². The van der Waals surface area contributed by atoms with Crippen LogP contribution in [0.1, 0.15) is 55.0 Å². The van der Waals surface area contributed by atoms with Gasteiger partial charge in [-0.2, -0.15) is 0 Å². The minimum atomic E-state index is -3.69. The Hall–Kier alpha value is -3.82. The predicted molar refractivity (Wildman–Crippen MR) is 147 cm³/mol. The largest absolute Gasteiger partial charge is 0.504 e. The van der Waals surface area contributed by atoms with Gasteiger partial charge in [0.1, 0.15) is 17.3 Å². The van der Waals surface area contributed by atoms with Crippen LogP contribution in [-0.2, 0) is 14.6 Å². The highest BCUT2D eigenvalue weighted by Gasteiger charge is 2.23. The number of aromatic hydroxyl groups is 1. The molecule has 0 aliphatic carbocycles. The third kappa shape index (κ3) is 7.84. The topological polar surface area (TPSA) is 136 Å². The first-order valence-corrected chi connectivity index (χ1v) is 13.6. The number of sulfone groups is 1. The van der Waals surface area contributed by atoms with E-state index in [1.165, 1.54) is 19.3 Å². The van der Waals surface area contributed by atoms with Crippen molar-refractivity contribution in [2.45, 2.75) is 38.3 Å². The van der Waals surface area contributed by atoms with Crippen molar-refractivity contribution in [2.75, 3.05) is 12.9 Å². The molecular weight excluding hydrogens is 506 g/mol. The fraction of sp³-hybridized carbons (Fsp3) is 0.276. The molecule has 3 aromatic rings. The number of phenolic OH excluding ortho intramolecular Hbond substituents is 1. The molecule has 0 radical (unpaired) electrons. The molecule has 0 amide bonds. The molecule has 3 rings (SSSR count). The minimum absolute atomic E-state index is 0.0921. The lowest BCUT2D eigenvalue weighted by molar-refractivity contribution is -0.137. The van der Waals surface area contributed by atoms with Gasteiger partial charge >= 0.3 is 5.97 Å². The van der Waals surface area contributed by atoms with Crippen LogP contribution in [-0.4, -0.2) is 43.1 Å². The van der Waals surface area contributed by atoms with Crippen molar-refractivity contribution in [1.29, 1.82) is 0 Å². The van der Waals surface area contributed by atoms with Gasteiger partial charge in [0, 0.05) is 11.4 Å². The second-order valence-electron chi connectivity index (χ2n) is 9.89. The Bertz CT molecular complexity index is 1390. The van der Waals surface area contributed by atoms with Crippen LogP contribution in [0.2, 0.25) is 0 Å². The third-order valence-electron chi connectivity index (χ3n) is 5.67. The van der Waals surface area contributed by atoms with Crippen molar-refractivity contribution in [3.63, 3.8) is 0 Å². The van der Waals surface area contributed by atoms with Crippen LogP contribution in [0, 0.1) is 0 Å². The Labute approximate surface area is 223 Å². The fourth-order valence-corrected chi connectivity index (χ4v) is 5.02. The van der Waals surface area contributed by atoms with Gasteiger partial charge in [0.25, 0.3) is 0 Å². The minimum Gasteiger partial charge on any atom is -0.504 e. The average molecular weight is 540 g/mol. The highest BCUT2D eigenvalue weighted by molar-refractivity contribution is 7.94. The van der Waals surface area contributed by atoms with Crippen molar-refractivity contribution in [3.05, 3.63) is 94.4 Å². The maximum atomic E-state index is 12.7. The van der Waals surface area contributed by atoms with Crippen LogP contribution >= 0.6 is 0 Å². The summed E-state index contributed by atoms with van der Waals surface area (Å²) in [5.74, 6) is -1.41. The molecule has 0 aliphatic heterocycles. The van der Waals surface area contributed by atoms with E-state index in [9.17, 15) is 23.4 Å². The lowest BCUT2D eigenvalue weighted by atomic mass is 9.90. The number of phenols is 1. The van der Waals surface area contributed by atoms with Gasteiger partial charge < -0.3 is 25.4 Å². The van der Waals surface area contributed by atoms with E-state index in [4.69, 9.17) is 15.2 Å². The van der Waals surface area contributed by atoms with E-state index in [1.54, 1.807) is 60.7 Å². The maximum absolute atomic E-state index is 12.7. The molecule has 0 aromatic heterocycles. The number of benzene rings is 3. The zero-order chi connectivity index (χ0) is 28.1. The first-order chi connectivity index (χ1) is 17.8. The summed E-state index contributed by atoms with van der Waals surface area (Å²) in [5, 5.41) is 21.1. The Morgan fingerprint density at radius 2 is 1.53 bits per heavy atom. The Morgan fingerprint density at radius 1 is 0.974 bits per heavy atom. The van der Waals surface area contributed by atoms with E-state index in [0.29, 0.717) is 33.8 Å². The van der Waals surface area contributed by atoms with E-state index in [-0.39, 0.29) is 11.5 Å². The number of methoxy groups -OCH3 is 1. The van der Waals surface area contributed by atoms with Gasteiger partial charge in [-0.25, -0.2) is 8.42 Å². The van der Waals surface area contributed by atoms with Crippen LogP contribution in [0.15, 0.2) is 72.1 Å². The number of carbonyl (C=O) groups is 1. The highest BCUT2D eigenvalue weighted by atomic mass is 32.2. The van der Waals surface area contributed by atoms with Crippen LogP contribution in [0.25, 0.3) is 6.08 Å². The molecule has 0 heterocycles. The standard InChI is InChI=1S/C29H33NO7S/c1-29(2,3)37-26-14-5-19(17-25(26)31)15-16-38(34,35)18-24(30)20-6-8-21(9-7-20)27(28(32)33)22-10-12-23(36-4)13-11-22/h5-17,24,27,31H,18,30H2,1-4H3,(H,32,33)/b16-15+. The fourth-order valence-electron chi connectivity index (χ4n) is 3.85. The van der Waals surface area contributed by atoms with Gasteiger partial charge in [0.15, 0.2) is 21.3 Å². The first kappa shape index (κ1) is 28.7. The normalized spacial score (nSPS) is 13.7. The molecule has 0 fully saturated rings. The van der Waals surface area contributed by atoms with Gasteiger partial charge in [-0.3, -0.25) is 4.79 Å². The molecular formula is C29H33NO7S. The van der Waals surface area contributed by atoms with E-state index < -0.39 is 33.4 Å². The number of rotatable bonds is 10. The molecule has 9 heteroatoms. The smallest absolute Gasteiger partial charge is 0.315 e. The number of aliphatic carboxylic acids is 1. The molecule has 0 saturated heterocycles. The molecule has 4 N–H and O–H groups in total. The Balaban J connectivity index is 1.70. The monoisotopic (exact) mass is 539 g/mol. The van der Waals surface area contributed by atoms with Gasteiger partial charge in [-0.05, 0) is 73.4 Å². The zero-order valence-corrected chi connectivity index (χ0v) is 22.6. The van der Waals surface area contributed by atoms with E-state index in [0.717, 1.165) is 5.41 Å². The third-order valence-corrected chi connectivity index (χ3v) is 7.05. The number of hydrogen-bond acceptors (Lipinski definition) is 7. The summed E-state index contributed by atoms with van der Waals surface area (Å²) in [6, 6.07) is 17.2. The van der Waals surface area contributed by atoms with Crippen LogP contribution in [0.4, 0.5) is 0 Å². The quantitative estimate of drug-likeness (QED) is 0.332. The summed E-state index contributed by atoms with van der Waals surface area (Å²) in [4.78, 5) is 12.0. The number of hydrogen-bond donors (Lipinski definition) is 3. The van der Waals surface area contributed by atoms with Crippen LogP contribution in [0.5, 0.6) is 17.2 Å². The first-order valence-electron chi connectivity index (χ1n) is 11.9. The summed E-state index contributed by atoms with van der Waals surface area (Å²) < 4.78 is 36.2. The Kier molecular flexibility index (Phi) is 8.85. The summed E-state index contributed by atoms with van der Waals surface area (Å²) in [5.41, 5.74) is 7.87. The number of carboxylic acid groups (broad SMARTS) is 1. The second-order valence-corrected chi connectivity index (χ2v) is 11.8. The van der Waals surface area contributed by atoms with Crippen molar-refractivity contribution in [1.82, 2.24) is 0 Å². The number of ether oxygens (including phenoxy) is 2. The van der Waals surface area contributed by atoms with Crippen molar-refractivity contribution in [2.24, 2.45) is 5.73 Å². The second kappa shape index (κ2) is 11.7. The molecule has 38 heavy (non-hydrogen) atoms. The SMILES string of the molecule is COc1ccc(C(C(=O)O)c2ccc(C(N)CS(=O)(=O)/C=C/c3ccc(OC(C)(C)C)c(O)c3)cc2)cc1. The summed E-state index contributed by atoms with van der Waals surface area (Å²) in [6.45, 7) is 5.57. The maximum Gasteiger partial charge on any atom is 0.315 e. The average Bonchev–Trinajstić information content (AvgIpc) is 2.84. The molecule has 0 aliphatic rings. The molecule has 8 nitrogen and oxygen atoms in total. The summed E-state index contributed by atoms with van der Waals surface area (Å²) in [6.07, 6.45) is 1.39. The summed E-state index contributed by atoms with van der Waals surface area (Å²) in [7, 11) is -2.16. The molecule has 2 unspecified atom stereocenters. The zero-order valence-electron chi connectivity index (χ0n) is 21.8. The van der Waals surface area contributed by atoms with Gasteiger partial charge in [-0.1, -0.05) is 42.5 Å². The summed E-state index contributed by atoms with van der Waals surface area (Å²) >= 11 is 0. The molecule has 2 atom stereocenters.